The van der Waals surface area contributed by atoms with Crippen LogP contribution >= 0.6 is 7.14 Å². The minimum atomic E-state index is -3.80. The van der Waals surface area contributed by atoms with Crippen molar-refractivity contribution in [1.29, 1.82) is 0 Å². The summed E-state index contributed by atoms with van der Waals surface area (Å²) < 4.78 is 58.4. The maximum absolute atomic E-state index is 15.4. The lowest BCUT2D eigenvalue weighted by Gasteiger charge is -2.30. The van der Waals surface area contributed by atoms with Gasteiger partial charge in [-0.3, -0.25) is 4.98 Å². The van der Waals surface area contributed by atoms with Crippen LogP contribution in [0.5, 0.6) is 0 Å². The lowest BCUT2D eigenvalue weighted by molar-refractivity contribution is -0.170. The number of hydrogen-bond donors (Lipinski definition) is 3. The van der Waals surface area contributed by atoms with Gasteiger partial charge in [0.15, 0.2) is 0 Å². The highest BCUT2D eigenvalue weighted by molar-refractivity contribution is 7.71. The summed E-state index contributed by atoms with van der Waals surface area (Å²) in [4.78, 5) is 13.5. The topological polar surface area (TPSA) is 100 Å². The van der Waals surface area contributed by atoms with Crippen molar-refractivity contribution < 1.29 is 22.8 Å². The number of nitrogens with one attached hydrogen (secondary N) is 2. The number of hydrogen-bond acceptors (Lipinski definition) is 7. The zero-order valence-electron chi connectivity index (χ0n) is 20.8. The molecule has 1 atom stereocenters. The van der Waals surface area contributed by atoms with Crippen molar-refractivity contribution in [1.82, 2.24) is 20.3 Å². The molecule has 1 aromatic carbocycles. The number of nitrogens with zero attached hydrogens (tertiary/aromatic N) is 3. The van der Waals surface area contributed by atoms with Crippen LogP contribution < -0.4 is 16.1 Å². The molecular formula is C25H31F3N5O2P. The normalized spacial score (nSPS) is 17.2. The summed E-state index contributed by atoms with van der Waals surface area (Å²) in [7, 11) is -2.67. The SMILES string of the molecule is CCc1nc(N[C@H](C)c2cccc(C(F)(F)C(C)(C)O)c2F)c2cc(P3(=O)CCNCC3)ncc2n1. The van der Waals surface area contributed by atoms with Crippen LogP contribution in [-0.4, -0.2) is 51.1 Å². The third kappa shape index (κ3) is 4.86. The molecule has 0 unspecified atom stereocenters. The van der Waals surface area contributed by atoms with Crippen molar-refractivity contribution in [2.75, 3.05) is 30.7 Å². The molecule has 7 nitrogen and oxygen atoms in total. The Morgan fingerprint density at radius 1 is 1.22 bits per heavy atom. The van der Waals surface area contributed by atoms with Crippen molar-refractivity contribution in [3.05, 3.63) is 53.2 Å². The minimum Gasteiger partial charge on any atom is -0.384 e. The van der Waals surface area contributed by atoms with Gasteiger partial charge in [-0.1, -0.05) is 19.1 Å². The average molecular weight is 522 g/mol. The first-order valence-electron chi connectivity index (χ1n) is 12.0. The maximum Gasteiger partial charge on any atom is 0.303 e. The van der Waals surface area contributed by atoms with Gasteiger partial charge in [-0.15, -0.1) is 0 Å². The van der Waals surface area contributed by atoms with Gasteiger partial charge in [0.1, 0.15) is 35.6 Å². The Morgan fingerprint density at radius 2 is 1.92 bits per heavy atom. The van der Waals surface area contributed by atoms with Crippen LogP contribution in [0.4, 0.5) is 19.0 Å². The Balaban J connectivity index is 1.76. The monoisotopic (exact) mass is 521 g/mol. The van der Waals surface area contributed by atoms with Gasteiger partial charge in [0.25, 0.3) is 0 Å². The number of anilines is 1. The van der Waals surface area contributed by atoms with E-state index in [0.29, 0.717) is 59.8 Å². The van der Waals surface area contributed by atoms with Crippen molar-refractivity contribution in [2.45, 2.75) is 51.7 Å². The summed E-state index contributed by atoms with van der Waals surface area (Å²) >= 11 is 0. The molecule has 1 aliphatic rings. The number of halogens is 3. The predicted molar refractivity (Wildman–Crippen MR) is 135 cm³/mol. The van der Waals surface area contributed by atoms with E-state index in [1.807, 2.05) is 6.92 Å². The number of aliphatic hydroxyl groups is 1. The predicted octanol–water partition coefficient (Wildman–Crippen LogP) is 4.35. The van der Waals surface area contributed by atoms with Gasteiger partial charge in [-0.05, 0) is 32.9 Å². The minimum absolute atomic E-state index is 0.00154. The molecule has 36 heavy (non-hydrogen) atoms. The molecule has 3 heterocycles. The number of aryl methyl sites for hydroxylation is 1. The molecule has 0 radical (unpaired) electrons. The van der Waals surface area contributed by atoms with Crippen molar-refractivity contribution in [3.63, 3.8) is 0 Å². The van der Waals surface area contributed by atoms with E-state index in [-0.39, 0.29) is 5.56 Å². The van der Waals surface area contributed by atoms with Crippen molar-refractivity contribution >= 4 is 29.3 Å². The second-order valence-electron chi connectivity index (χ2n) is 9.70. The standard InChI is InChI=1S/C25H31F3N5O2P/c1-5-20-32-19-14-30-21(36(35)11-9-29-10-12-36)13-17(19)23(33-20)31-15(2)16-7-6-8-18(22(16)26)25(27,28)24(3,4)34/h6-8,13-15,29,34H,5,9-12H2,1-4H3,(H,31,32,33)/t15-/m1/s1. The molecule has 1 fully saturated rings. The van der Waals surface area contributed by atoms with Crippen LogP contribution in [0.3, 0.4) is 0 Å². The van der Waals surface area contributed by atoms with Crippen molar-refractivity contribution in [3.8, 4) is 0 Å². The van der Waals surface area contributed by atoms with Gasteiger partial charge in [0.2, 0.25) is 0 Å². The van der Waals surface area contributed by atoms with Crippen LogP contribution in [0.15, 0.2) is 30.5 Å². The first kappa shape index (κ1) is 26.5. The molecule has 2 aromatic heterocycles. The molecule has 0 saturated carbocycles. The van der Waals surface area contributed by atoms with E-state index in [9.17, 15) is 18.5 Å². The van der Waals surface area contributed by atoms with Gasteiger partial charge in [0.05, 0.1) is 23.3 Å². The highest BCUT2D eigenvalue weighted by Crippen LogP contribution is 2.45. The fourth-order valence-electron chi connectivity index (χ4n) is 4.28. The Labute approximate surface area is 208 Å². The van der Waals surface area contributed by atoms with Crippen LogP contribution in [0.1, 0.15) is 50.7 Å². The molecule has 3 aromatic rings. The third-order valence-corrected chi connectivity index (χ3v) is 9.57. The van der Waals surface area contributed by atoms with Gasteiger partial charge in [0, 0.05) is 42.8 Å². The number of fused-ring (bicyclic) bond motifs is 1. The summed E-state index contributed by atoms with van der Waals surface area (Å²) in [6, 6.07) is 4.71. The molecule has 1 aliphatic heterocycles. The molecule has 4 rings (SSSR count). The Hall–Kier alpha value is -2.55. The van der Waals surface area contributed by atoms with Crippen LogP contribution in [-0.2, 0) is 16.9 Å². The third-order valence-electron chi connectivity index (χ3n) is 6.60. The van der Waals surface area contributed by atoms with Crippen LogP contribution in [0.2, 0.25) is 0 Å². The molecule has 0 spiro atoms. The second-order valence-corrected chi connectivity index (χ2v) is 12.8. The lowest BCUT2D eigenvalue weighted by atomic mass is 9.91. The molecule has 3 N–H and O–H groups in total. The first-order chi connectivity index (χ1) is 16.9. The van der Waals surface area contributed by atoms with E-state index in [1.165, 1.54) is 12.1 Å². The fourth-order valence-corrected chi connectivity index (χ4v) is 6.64. The van der Waals surface area contributed by atoms with Gasteiger partial charge in [-0.25, -0.2) is 14.4 Å². The summed E-state index contributed by atoms with van der Waals surface area (Å²) in [5.41, 5.74) is -2.28. The van der Waals surface area contributed by atoms with E-state index in [2.05, 4.69) is 25.6 Å². The molecular weight excluding hydrogens is 490 g/mol. The Bertz CT molecular complexity index is 1320. The summed E-state index contributed by atoms with van der Waals surface area (Å²) in [6.07, 6.45) is 3.12. The smallest absolute Gasteiger partial charge is 0.303 e. The number of alkyl halides is 2. The Morgan fingerprint density at radius 3 is 2.56 bits per heavy atom. The summed E-state index contributed by atoms with van der Waals surface area (Å²) in [5.74, 6) is -3.98. The first-order valence-corrected chi connectivity index (χ1v) is 14.1. The molecule has 194 valence electrons. The van der Waals surface area contributed by atoms with E-state index in [0.717, 1.165) is 19.9 Å². The number of aromatic nitrogens is 3. The fraction of sp³-hybridized carbons (Fsp3) is 0.480. The molecule has 11 heteroatoms. The highest BCUT2D eigenvalue weighted by atomic mass is 31.2. The van der Waals surface area contributed by atoms with E-state index >= 15 is 4.39 Å². The lowest BCUT2D eigenvalue weighted by Crippen LogP contribution is -2.41. The number of pyridine rings is 1. The zero-order valence-corrected chi connectivity index (χ0v) is 21.7. The van der Waals surface area contributed by atoms with E-state index in [4.69, 9.17) is 0 Å². The molecule has 0 bridgehead atoms. The average Bonchev–Trinajstić information content (AvgIpc) is 2.83. The number of benzene rings is 1. The van der Waals surface area contributed by atoms with Gasteiger partial charge < -0.3 is 20.3 Å². The van der Waals surface area contributed by atoms with Crippen LogP contribution in [0.25, 0.3) is 10.9 Å². The summed E-state index contributed by atoms with van der Waals surface area (Å²) in [6.45, 7) is 6.72. The van der Waals surface area contributed by atoms with E-state index < -0.39 is 36.1 Å². The molecule has 0 aliphatic carbocycles. The van der Waals surface area contributed by atoms with Crippen LogP contribution in [0, 0.1) is 5.82 Å². The molecule has 1 saturated heterocycles. The highest BCUT2D eigenvalue weighted by Gasteiger charge is 2.49. The summed E-state index contributed by atoms with van der Waals surface area (Å²) in [5, 5.41) is 16.9. The van der Waals surface area contributed by atoms with E-state index in [1.54, 1.807) is 19.2 Å². The number of rotatable bonds is 7. The van der Waals surface area contributed by atoms with Crippen molar-refractivity contribution in [2.24, 2.45) is 0 Å². The quantitative estimate of drug-likeness (QED) is 0.398. The second kappa shape index (κ2) is 9.72. The maximum atomic E-state index is 15.4. The zero-order chi connectivity index (χ0) is 26.3. The van der Waals surface area contributed by atoms with Gasteiger partial charge in [-0.2, -0.15) is 8.78 Å². The Kier molecular flexibility index (Phi) is 7.16. The van der Waals surface area contributed by atoms with Gasteiger partial charge >= 0.3 is 5.92 Å². The molecule has 0 amide bonds. The largest absolute Gasteiger partial charge is 0.384 e.